The molecule has 1 fully saturated rings. The van der Waals surface area contributed by atoms with Crippen molar-refractivity contribution in [2.24, 2.45) is 0 Å². The van der Waals surface area contributed by atoms with Gasteiger partial charge in [-0.1, -0.05) is 6.07 Å². The van der Waals surface area contributed by atoms with Crippen LogP contribution in [0.2, 0.25) is 0 Å². The van der Waals surface area contributed by atoms with E-state index in [9.17, 15) is 4.79 Å². The minimum atomic E-state index is -0.548. The minimum absolute atomic E-state index is 0.399. The predicted molar refractivity (Wildman–Crippen MR) is 94.6 cm³/mol. The molecule has 6 nitrogen and oxygen atoms in total. The molecule has 0 atom stereocenters. The number of carbonyl (C=O) groups excluding carboxylic acids is 1. The number of ether oxygens (including phenoxy) is 1. The van der Waals surface area contributed by atoms with Crippen LogP contribution in [0, 0.1) is 0 Å². The lowest BCUT2D eigenvalue weighted by molar-refractivity contribution is 0.00578. The Morgan fingerprint density at radius 3 is 2.12 bits per heavy atom. The highest BCUT2D eigenvalue weighted by Crippen LogP contribution is 2.36. The summed E-state index contributed by atoms with van der Waals surface area (Å²) in [4.78, 5) is 17.8. The number of anilines is 1. The van der Waals surface area contributed by atoms with Crippen molar-refractivity contribution in [1.29, 1.82) is 0 Å². The number of nitrogens with zero attached hydrogens (tertiary/aromatic N) is 2. The third kappa shape index (κ3) is 3.90. The molecule has 0 aromatic carbocycles. The maximum absolute atomic E-state index is 12.1. The average Bonchev–Trinajstić information content (AvgIpc) is 2.65. The first kappa shape index (κ1) is 18.7. The van der Waals surface area contributed by atoms with Gasteiger partial charge < -0.3 is 14.0 Å². The van der Waals surface area contributed by atoms with Gasteiger partial charge in [0.1, 0.15) is 11.4 Å². The Bertz CT molecular complexity index is 592. The molecule has 1 saturated heterocycles. The molecule has 2 rings (SSSR count). The van der Waals surface area contributed by atoms with Crippen LogP contribution < -0.4 is 10.4 Å². The molecule has 1 aliphatic rings. The van der Waals surface area contributed by atoms with Crippen molar-refractivity contribution in [1.82, 2.24) is 4.98 Å². The van der Waals surface area contributed by atoms with Crippen LogP contribution in [0.4, 0.5) is 10.6 Å². The zero-order valence-electron chi connectivity index (χ0n) is 15.8. The van der Waals surface area contributed by atoms with Crippen molar-refractivity contribution in [2.75, 3.05) is 11.9 Å². The second-order valence-corrected chi connectivity index (χ2v) is 8.08. The molecule has 1 aromatic rings. The Morgan fingerprint density at radius 2 is 1.71 bits per heavy atom. The molecule has 0 saturated carbocycles. The summed E-state index contributed by atoms with van der Waals surface area (Å²) in [5.74, 6) is 0.504. The zero-order valence-corrected chi connectivity index (χ0v) is 15.8. The highest BCUT2D eigenvalue weighted by atomic mass is 16.7. The molecule has 132 valence electrons. The molecular formula is C17H27BN2O4. The third-order valence-corrected chi connectivity index (χ3v) is 4.31. The van der Waals surface area contributed by atoms with Gasteiger partial charge in [0.05, 0.1) is 11.2 Å². The third-order valence-electron chi connectivity index (χ3n) is 4.31. The smallest absolute Gasteiger partial charge is 0.443 e. The van der Waals surface area contributed by atoms with E-state index in [1.165, 1.54) is 4.90 Å². The van der Waals surface area contributed by atoms with E-state index >= 15 is 0 Å². The molecular weight excluding hydrogens is 307 g/mol. The maximum atomic E-state index is 12.1. The van der Waals surface area contributed by atoms with E-state index in [4.69, 9.17) is 14.0 Å². The van der Waals surface area contributed by atoms with Crippen molar-refractivity contribution in [3.05, 3.63) is 18.3 Å². The maximum Gasteiger partial charge on any atom is 0.496 e. The molecule has 0 N–H and O–H groups in total. The standard InChI is InChI=1S/C17H27BN2O4/c1-15(2,3)22-14(21)20(8)13-10-9-12(11-19-13)18-23-16(4,5)17(6,7)24-18/h9-11H,1-8H3. The highest BCUT2D eigenvalue weighted by molar-refractivity contribution is 6.62. The summed E-state index contributed by atoms with van der Waals surface area (Å²) in [7, 11) is 1.16. The van der Waals surface area contributed by atoms with Gasteiger partial charge in [0, 0.05) is 18.7 Å². The Hall–Kier alpha value is -1.60. The second kappa shape index (κ2) is 6.04. The molecule has 0 aliphatic carbocycles. The summed E-state index contributed by atoms with van der Waals surface area (Å²) in [6.07, 6.45) is 1.22. The van der Waals surface area contributed by atoms with Crippen molar-refractivity contribution in [2.45, 2.75) is 65.3 Å². The molecule has 0 radical (unpaired) electrons. The van der Waals surface area contributed by atoms with Gasteiger partial charge in [-0.15, -0.1) is 0 Å². The van der Waals surface area contributed by atoms with Crippen molar-refractivity contribution in [3.63, 3.8) is 0 Å². The Kier molecular flexibility index (Phi) is 4.72. The van der Waals surface area contributed by atoms with Crippen LogP contribution in [-0.2, 0) is 14.0 Å². The summed E-state index contributed by atoms with van der Waals surface area (Å²) in [5, 5.41) is 0. The van der Waals surface area contributed by atoms with Gasteiger partial charge in [0.2, 0.25) is 0 Å². The van der Waals surface area contributed by atoms with Gasteiger partial charge in [0.15, 0.2) is 0 Å². The minimum Gasteiger partial charge on any atom is -0.443 e. The Balaban J connectivity index is 2.10. The monoisotopic (exact) mass is 334 g/mol. The summed E-state index contributed by atoms with van der Waals surface area (Å²) in [6, 6.07) is 3.61. The number of hydrogen-bond donors (Lipinski definition) is 0. The molecule has 2 heterocycles. The van der Waals surface area contributed by atoms with Gasteiger partial charge in [-0.25, -0.2) is 9.78 Å². The van der Waals surface area contributed by atoms with E-state index in [0.29, 0.717) is 5.82 Å². The largest absolute Gasteiger partial charge is 0.496 e. The lowest BCUT2D eigenvalue weighted by atomic mass is 9.80. The second-order valence-electron chi connectivity index (χ2n) is 8.08. The Morgan fingerprint density at radius 1 is 1.17 bits per heavy atom. The number of pyridine rings is 1. The van der Waals surface area contributed by atoms with Crippen LogP contribution in [0.25, 0.3) is 0 Å². The number of carbonyl (C=O) groups is 1. The van der Waals surface area contributed by atoms with Crippen molar-refractivity contribution < 1.29 is 18.8 Å². The summed E-state index contributed by atoms with van der Waals surface area (Å²) < 4.78 is 17.3. The molecule has 7 heteroatoms. The molecule has 0 spiro atoms. The van der Waals surface area contributed by atoms with Crippen molar-refractivity contribution >= 4 is 24.5 Å². The summed E-state index contributed by atoms with van der Waals surface area (Å²) in [5.41, 5.74) is -0.531. The number of amides is 1. The molecule has 1 aliphatic heterocycles. The fourth-order valence-electron chi connectivity index (χ4n) is 2.14. The first-order valence-electron chi connectivity index (χ1n) is 8.11. The molecule has 24 heavy (non-hydrogen) atoms. The van der Waals surface area contributed by atoms with E-state index < -0.39 is 30.0 Å². The molecule has 0 bridgehead atoms. The lowest BCUT2D eigenvalue weighted by Gasteiger charge is -2.32. The van der Waals surface area contributed by atoms with Crippen LogP contribution in [-0.4, -0.2) is 42.0 Å². The first-order chi connectivity index (χ1) is 10.8. The average molecular weight is 334 g/mol. The molecule has 1 amide bonds. The predicted octanol–water partition coefficient (Wildman–Crippen LogP) is 2.75. The number of hydrogen-bond acceptors (Lipinski definition) is 5. The SMILES string of the molecule is CN(C(=O)OC(C)(C)C)c1ccc(B2OC(C)(C)C(C)(C)O2)cn1. The van der Waals surface area contributed by atoms with Crippen LogP contribution in [0.1, 0.15) is 48.5 Å². The first-order valence-corrected chi connectivity index (χ1v) is 8.11. The highest BCUT2D eigenvalue weighted by Gasteiger charge is 2.51. The zero-order chi connectivity index (χ0) is 18.3. The van der Waals surface area contributed by atoms with Gasteiger partial charge in [-0.3, -0.25) is 4.90 Å². The van der Waals surface area contributed by atoms with Gasteiger partial charge in [0.25, 0.3) is 0 Å². The fraction of sp³-hybridized carbons (Fsp3) is 0.647. The topological polar surface area (TPSA) is 60.9 Å². The van der Waals surface area contributed by atoms with E-state index in [1.54, 1.807) is 19.3 Å². The quantitative estimate of drug-likeness (QED) is 0.779. The van der Waals surface area contributed by atoms with Crippen LogP contribution >= 0.6 is 0 Å². The van der Waals surface area contributed by atoms with Crippen LogP contribution in [0.5, 0.6) is 0 Å². The molecule has 0 unspecified atom stereocenters. The van der Waals surface area contributed by atoms with Gasteiger partial charge in [-0.2, -0.15) is 0 Å². The normalized spacial score (nSPS) is 19.2. The molecule has 1 aromatic heterocycles. The number of rotatable bonds is 2. The Labute approximate surface area is 144 Å². The van der Waals surface area contributed by atoms with E-state index in [0.717, 1.165) is 5.46 Å². The van der Waals surface area contributed by atoms with Crippen molar-refractivity contribution in [3.8, 4) is 0 Å². The number of aromatic nitrogens is 1. The van der Waals surface area contributed by atoms with E-state index in [-0.39, 0.29) is 0 Å². The fourth-order valence-corrected chi connectivity index (χ4v) is 2.14. The van der Waals surface area contributed by atoms with Gasteiger partial charge >= 0.3 is 13.2 Å². The summed E-state index contributed by atoms with van der Waals surface area (Å²) in [6.45, 7) is 13.5. The lowest BCUT2D eigenvalue weighted by Crippen LogP contribution is -2.41. The van der Waals surface area contributed by atoms with E-state index in [1.807, 2.05) is 54.5 Å². The van der Waals surface area contributed by atoms with Crippen LogP contribution in [0.15, 0.2) is 18.3 Å². The summed E-state index contributed by atoms with van der Waals surface area (Å²) >= 11 is 0. The van der Waals surface area contributed by atoms with E-state index in [2.05, 4.69) is 4.98 Å². The van der Waals surface area contributed by atoms with Crippen LogP contribution in [0.3, 0.4) is 0 Å². The van der Waals surface area contributed by atoms with Gasteiger partial charge in [-0.05, 0) is 54.5 Å².